The molecule has 0 unspecified atom stereocenters. The van der Waals surface area contributed by atoms with Gasteiger partial charge >= 0.3 is 0 Å². The van der Waals surface area contributed by atoms with Crippen LogP contribution in [0.15, 0.2) is 45.8 Å². The minimum Gasteiger partial charge on any atom is -0.339 e. The quantitative estimate of drug-likeness (QED) is 0.623. The molecule has 1 amide bonds. The highest BCUT2D eigenvalue weighted by atomic mass is 32.2. The number of carbonyl (C=O) groups excluding carboxylic acids is 1. The molecule has 2 N–H and O–H groups in total. The predicted octanol–water partition coefficient (Wildman–Crippen LogP) is 3.28. The van der Waals surface area contributed by atoms with Crippen molar-refractivity contribution in [1.29, 1.82) is 0 Å². The Morgan fingerprint density at radius 3 is 2.47 bits per heavy atom. The summed E-state index contributed by atoms with van der Waals surface area (Å²) in [6, 6.07) is 9.43. The smallest absolute Gasteiger partial charge is 0.242 e. The number of anilines is 1. The largest absolute Gasteiger partial charge is 0.339 e. The highest BCUT2D eigenvalue weighted by molar-refractivity contribution is 7.89. The third-order valence-electron chi connectivity index (χ3n) is 4.85. The van der Waals surface area contributed by atoms with Gasteiger partial charge in [-0.3, -0.25) is 4.79 Å². The van der Waals surface area contributed by atoms with Crippen molar-refractivity contribution >= 4 is 21.6 Å². The summed E-state index contributed by atoms with van der Waals surface area (Å²) in [6.07, 6.45) is 0. The second-order valence-corrected chi connectivity index (χ2v) is 8.88. The normalized spacial score (nSPS) is 12.6. The maximum absolute atomic E-state index is 13.0. The summed E-state index contributed by atoms with van der Waals surface area (Å²) >= 11 is 0. The first-order valence-electron chi connectivity index (χ1n) is 9.39. The van der Waals surface area contributed by atoms with Crippen LogP contribution in [0.4, 0.5) is 5.69 Å². The van der Waals surface area contributed by atoms with Crippen molar-refractivity contribution in [2.45, 2.75) is 45.6 Å². The fourth-order valence-electron chi connectivity index (χ4n) is 2.92. The third kappa shape index (κ3) is 4.58. The van der Waals surface area contributed by atoms with Gasteiger partial charge in [0.25, 0.3) is 0 Å². The molecular formula is C21H24N4O4S. The zero-order valence-electron chi connectivity index (χ0n) is 17.5. The first-order chi connectivity index (χ1) is 14.1. The number of hydrogen-bond donors (Lipinski definition) is 2. The maximum Gasteiger partial charge on any atom is 0.242 e. The van der Waals surface area contributed by atoms with Crippen molar-refractivity contribution in [3.05, 3.63) is 59.0 Å². The number of carbonyl (C=O) groups is 1. The molecule has 0 radical (unpaired) electrons. The first kappa shape index (κ1) is 21.7. The molecule has 0 aliphatic carbocycles. The fourth-order valence-corrected chi connectivity index (χ4v) is 4.40. The number of aromatic nitrogens is 2. The summed E-state index contributed by atoms with van der Waals surface area (Å²) in [4.78, 5) is 16.8. The molecule has 0 fully saturated rings. The van der Waals surface area contributed by atoms with Crippen LogP contribution in [0.5, 0.6) is 0 Å². The summed E-state index contributed by atoms with van der Waals surface area (Å²) in [5, 5.41) is 6.61. The molecule has 1 atom stereocenters. The molecule has 0 bridgehead atoms. The average Bonchev–Trinajstić information content (AvgIpc) is 3.11. The Hall–Kier alpha value is -3.04. The average molecular weight is 429 g/mol. The highest BCUT2D eigenvalue weighted by Crippen LogP contribution is 2.24. The first-order valence-corrected chi connectivity index (χ1v) is 10.9. The third-order valence-corrected chi connectivity index (χ3v) is 6.53. The molecular weight excluding hydrogens is 404 g/mol. The van der Waals surface area contributed by atoms with Crippen molar-refractivity contribution in [3.8, 4) is 11.4 Å². The lowest BCUT2D eigenvalue weighted by atomic mass is 10.1. The van der Waals surface area contributed by atoms with Crippen LogP contribution < -0.4 is 10.0 Å². The molecule has 1 aromatic heterocycles. The molecule has 30 heavy (non-hydrogen) atoms. The number of nitrogens with zero attached hydrogens (tertiary/aromatic N) is 2. The molecule has 0 aliphatic rings. The van der Waals surface area contributed by atoms with Crippen LogP contribution >= 0.6 is 0 Å². The van der Waals surface area contributed by atoms with E-state index in [1.54, 1.807) is 32.0 Å². The van der Waals surface area contributed by atoms with E-state index in [4.69, 9.17) is 4.52 Å². The second kappa shape index (κ2) is 8.37. The minimum absolute atomic E-state index is 0.0499. The number of hydrogen-bond acceptors (Lipinski definition) is 6. The van der Waals surface area contributed by atoms with Gasteiger partial charge in [0.15, 0.2) is 0 Å². The monoisotopic (exact) mass is 428 g/mol. The summed E-state index contributed by atoms with van der Waals surface area (Å²) in [5.41, 5.74) is 3.65. The lowest BCUT2D eigenvalue weighted by Crippen LogP contribution is -2.41. The summed E-state index contributed by atoms with van der Waals surface area (Å²) in [6.45, 7) is 8.67. The van der Waals surface area contributed by atoms with Crippen LogP contribution in [-0.4, -0.2) is 30.5 Å². The van der Waals surface area contributed by atoms with Gasteiger partial charge in [0.05, 0.1) is 10.9 Å². The van der Waals surface area contributed by atoms with Crippen LogP contribution in [-0.2, 0) is 14.8 Å². The maximum atomic E-state index is 13.0. The van der Waals surface area contributed by atoms with E-state index >= 15 is 0 Å². The Bertz CT molecular complexity index is 1200. The molecule has 3 rings (SSSR count). The Morgan fingerprint density at radius 2 is 1.80 bits per heavy atom. The van der Waals surface area contributed by atoms with Gasteiger partial charge in [0, 0.05) is 18.2 Å². The number of sulfonamides is 1. The van der Waals surface area contributed by atoms with Gasteiger partial charge in [-0.2, -0.15) is 9.71 Å². The highest BCUT2D eigenvalue weighted by Gasteiger charge is 2.25. The molecule has 2 aromatic carbocycles. The molecule has 0 saturated heterocycles. The predicted molar refractivity (Wildman–Crippen MR) is 114 cm³/mol. The van der Waals surface area contributed by atoms with Gasteiger partial charge < -0.3 is 9.84 Å². The van der Waals surface area contributed by atoms with E-state index in [2.05, 4.69) is 20.2 Å². The van der Waals surface area contributed by atoms with Crippen molar-refractivity contribution in [1.82, 2.24) is 14.9 Å². The second-order valence-electron chi connectivity index (χ2n) is 7.20. The van der Waals surface area contributed by atoms with E-state index in [0.29, 0.717) is 28.5 Å². The molecule has 8 nitrogen and oxygen atoms in total. The zero-order chi connectivity index (χ0) is 22.1. The van der Waals surface area contributed by atoms with Gasteiger partial charge in [0.1, 0.15) is 0 Å². The standard InChI is InChI=1S/C21H24N4O4S/c1-12-7-6-8-18(14(12)3)23-21(26)15(4)25-30(27,28)19-11-17(10-9-13(19)2)20-22-16(5)29-24-20/h6-11,15,25H,1-5H3,(H,23,26)/t15-/m0/s1. The lowest BCUT2D eigenvalue weighted by Gasteiger charge is -2.17. The molecule has 158 valence electrons. The van der Waals surface area contributed by atoms with Gasteiger partial charge in [0.2, 0.25) is 27.6 Å². The van der Waals surface area contributed by atoms with Gasteiger partial charge in [-0.25, -0.2) is 8.42 Å². The summed E-state index contributed by atoms with van der Waals surface area (Å²) < 4.78 is 33.4. The molecule has 0 aliphatic heterocycles. The molecule has 9 heteroatoms. The van der Waals surface area contributed by atoms with Crippen molar-refractivity contribution in [3.63, 3.8) is 0 Å². The van der Waals surface area contributed by atoms with Crippen LogP contribution in [0.25, 0.3) is 11.4 Å². The van der Waals surface area contributed by atoms with E-state index in [1.807, 2.05) is 26.0 Å². The van der Waals surface area contributed by atoms with Crippen molar-refractivity contribution in [2.24, 2.45) is 0 Å². The van der Waals surface area contributed by atoms with E-state index < -0.39 is 22.0 Å². The zero-order valence-corrected chi connectivity index (χ0v) is 18.3. The van der Waals surface area contributed by atoms with E-state index in [0.717, 1.165) is 11.1 Å². The van der Waals surface area contributed by atoms with Gasteiger partial charge in [-0.15, -0.1) is 0 Å². The Morgan fingerprint density at radius 1 is 1.07 bits per heavy atom. The summed E-state index contributed by atoms with van der Waals surface area (Å²) in [7, 11) is -3.97. The van der Waals surface area contributed by atoms with E-state index in [-0.39, 0.29) is 4.90 Å². The van der Waals surface area contributed by atoms with Gasteiger partial charge in [-0.1, -0.05) is 29.4 Å². The number of rotatable bonds is 6. The lowest BCUT2D eigenvalue weighted by molar-refractivity contribution is -0.117. The van der Waals surface area contributed by atoms with Crippen LogP contribution in [0.1, 0.15) is 29.5 Å². The number of nitrogens with one attached hydrogen (secondary N) is 2. The SMILES string of the molecule is Cc1nc(-c2ccc(C)c(S(=O)(=O)N[C@@H](C)C(=O)Nc3cccc(C)c3C)c2)no1. The molecule has 0 saturated carbocycles. The Kier molecular flexibility index (Phi) is 6.04. The Balaban J connectivity index is 1.82. The minimum atomic E-state index is -3.97. The van der Waals surface area contributed by atoms with Crippen molar-refractivity contribution in [2.75, 3.05) is 5.32 Å². The number of aryl methyl sites for hydroxylation is 3. The molecule has 1 heterocycles. The number of amides is 1. The van der Waals surface area contributed by atoms with Crippen LogP contribution in [0.2, 0.25) is 0 Å². The van der Waals surface area contributed by atoms with E-state index in [9.17, 15) is 13.2 Å². The van der Waals surface area contributed by atoms with E-state index in [1.165, 1.54) is 13.0 Å². The number of benzene rings is 2. The summed E-state index contributed by atoms with van der Waals surface area (Å²) in [5.74, 6) is 0.226. The van der Waals surface area contributed by atoms with Crippen LogP contribution in [0.3, 0.4) is 0 Å². The molecule has 0 spiro atoms. The fraction of sp³-hybridized carbons (Fsp3) is 0.286. The van der Waals surface area contributed by atoms with Crippen LogP contribution in [0, 0.1) is 27.7 Å². The molecule has 3 aromatic rings. The topological polar surface area (TPSA) is 114 Å². The van der Waals surface area contributed by atoms with Gasteiger partial charge in [-0.05, 0) is 56.5 Å². The Labute approximate surface area is 175 Å². The van der Waals surface area contributed by atoms with Crippen molar-refractivity contribution < 1.29 is 17.7 Å².